The number of anilines is 8. The first-order chi connectivity index (χ1) is 29.4. The number of aryl methyl sites for hydroxylation is 1. The van der Waals surface area contributed by atoms with Crippen LogP contribution in [0.2, 0.25) is 0 Å². The Morgan fingerprint density at radius 1 is 0.581 bits per heavy atom. The zero-order chi connectivity index (χ0) is 44.4. The van der Waals surface area contributed by atoms with Crippen molar-refractivity contribution in [3.63, 3.8) is 0 Å². The third-order valence-electron chi connectivity index (χ3n) is 13.2. The van der Waals surface area contributed by atoms with Crippen LogP contribution >= 0.6 is 0 Å². The normalized spacial score (nSPS) is 15.2. The van der Waals surface area contributed by atoms with E-state index in [2.05, 4.69) is 250 Å². The average Bonchev–Trinajstić information content (AvgIpc) is 3.23. The van der Waals surface area contributed by atoms with Gasteiger partial charge in [0.25, 0.3) is 0 Å². The molecule has 0 saturated heterocycles. The fraction of sp³-hybridized carbons (Fsp3) is 0.288. The maximum absolute atomic E-state index is 4.15. The largest absolute Gasteiger partial charge is 0.311 e. The van der Waals surface area contributed by atoms with Crippen molar-refractivity contribution in [3.05, 3.63) is 203 Å². The van der Waals surface area contributed by atoms with Crippen LogP contribution < -0.4 is 14.7 Å². The molecule has 0 N–H and O–H groups in total. The fourth-order valence-corrected chi connectivity index (χ4v) is 9.53. The number of hydrogen-bond donors (Lipinski definition) is 0. The molecule has 2 heterocycles. The standard InChI is InChI=1S/C59H65N3/c1-14-16-20-43(19-15-2)60(45-31-25-41(26-32-45)56(4,5)6)47-35-36-54-50(37-47)59(12,13)52-39-48(38-51-55(52)62(54)53-22-18-17-21-49(53)58(51,10)11)61(44-29-23-40(3)24-30-44)46-33-27-42(28-34-46)57(7,8)9/h15-39H,2,14H2,1,3-13H3/b20-16-,43-19+. The van der Waals surface area contributed by atoms with Gasteiger partial charge in [-0.2, -0.15) is 0 Å². The summed E-state index contributed by atoms with van der Waals surface area (Å²) in [6.45, 7) is 31.8. The topological polar surface area (TPSA) is 9.72 Å². The second kappa shape index (κ2) is 15.7. The first-order valence-electron chi connectivity index (χ1n) is 22.5. The lowest BCUT2D eigenvalue weighted by Gasteiger charge is -2.50. The molecule has 6 aromatic carbocycles. The summed E-state index contributed by atoms with van der Waals surface area (Å²) in [6.07, 6.45) is 9.43. The molecule has 0 fully saturated rings. The lowest BCUT2D eigenvalue weighted by atomic mass is 9.66. The first kappa shape index (κ1) is 42.6. The van der Waals surface area contributed by atoms with Gasteiger partial charge in [0.2, 0.25) is 0 Å². The highest BCUT2D eigenvalue weighted by Gasteiger charge is 2.46. The number of allylic oxidation sites excluding steroid dienone is 4. The van der Waals surface area contributed by atoms with E-state index in [0.29, 0.717) is 0 Å². The molecule has 316 valence electrons. The summed E-state index contributed by atoms with van der Waals surface area (Å²) < 4.78 is 0. The van der Waals surface area contributed by atoms with Crippen LogP contribution in [0.25, 0.3) is 0 Å². The maximum Gasteiger partial charge on any atom is 0.0545 e. The average molecular weight is 816 g/mol. The molecule has 0 radical (unpaired) electrons. The van der Waals surface area contributed by atoms with Crippen molar-refractivity contribution in [1.82, 2.24) is 0 Å². The predicted molar refractivity (Wildman–Crippen MR) is 268 cm³/mol. The number of nitrogens with zero attached hydrogens (tertiary/aromatic N) is 3. The molecular weight excluding hydrogens is 751 g/mol. The molecule has 0 bridgehead atoms. The molecule has 8 rings (SSSR count). The zero-order valence-corrected chi connectivity index (χ0v) is 39.2. The molecule has 0 atom stereocenters. The van der Waals surface area contributed by atoms with Gasteiger partial charge >= 0.3 is 0 Å². The van der Waals surface area contributed by atoms with Gasteiger partial charge in [-0.15, -0.1) is 0 Å². The Balaban J connectivity index is 1.39. The minimum absolute atomic E-state index is 0.0520. The molecule has 0 spiro atoms. The quantitative estimate of drug-likeness (QED) is 0.135. The van der Waals surface area contributed by atoms with Crippen LogP contribution in [0.1, 0.15) is 122 Å². The molecule has 3 nitrogen and oxygen atoms in total. The van der Waals surface area contributed by atoms with E-state index < -0.39 is 0 Å². The summed E-state index contributed by atoms with van der Waals surface area (Å²) in [5.74, 6) is 0. The molecule has 0 unspecified atom stereocenters. The molecule has 0 amide bonds. The second-order valence-corrected chi connectivity index (χ2v) is 20.4. The number of hydrogen-bond acceptors (Lipinski definition) is 3. The van der Waals surface area contributed by atoms with Gasteiger partial charge in [0.05, 0.1) is 17.1 Å². The van der Waals surface area contributed by atoms with Crippen LogP contribution in [0.4, 0.5) is 45.5 Å². The molecule has 2 aliphatic heterocycles. The first-order valence-corrected chi connectivity index (χ1v) is 22.5. The van der Waals surface area contributed by atoms with Crippen molar-refractivity contribution in [1.29, 1.82) is 0 Å². The van der Waals surface area contributed by atoms with E-state index in [-0.39, 0.29) is 21.7 Å². The van der Waals surface area contributed by atoms with Gasteiger partial charge in [0.15, 0.2) is 0 Å². The molecule has 2 aliphatic rings. The lowest BCUT2D eigenvalue weighted by Crippen LogP contribution is -2.38. The molecule has 0 aromatic heterocycles. The third-order valence-corrected chi connectivity index (χ3v) is 13.2. The number of para-hydroxylation sites is 1. The summed E-state index contributed by atoms with van der Waals surface area (Å²) in [6, 6.07) is 48.4. The Kier molecular flexibility index (Phi) is 10.8. The van der Waals surface area contributed by atoms with E-state index in [1.807, 2.05) is 6.08 Å². The number of benzene rings is 6. The van der Waals surface area contributed by atoms with Gasteiger partial charge in [-0.25, -0.2) is 0 Å². The summed E-state index contributed by atoms with van der Waals surface area (Å²) >= 11 is 0. The highest BCUT2D eigenvalue weighted by molar-refractivity contribution is 5.95. The minimum atomic E-state index is -0.372. The Labute approximate surface area is 372 Å². The summed E-state index contributed by atoms with van der Waals surface area (Å²) in [5.41, 5.74) is 19.1. The van der Waals surface area contributed by atoms with E-state index in [1.165, 1.54) is 56.0 Å². The summed E-state index contributed by atoms with van der Waals surface area (Å²) in [5, 5.41) is 0. The van der Waals surface area contributed by atoms with Crippen LogP contribution in [-0.2, 0) is 21.7 Å². The van der Waals surface area contributed by atoms with Crippen molar-refractivity contribution >= 4 is 45.5 Å². The Morgan fingerprint density at radius 3 is 1.61 bits per heavy atom. The van der Waals surface area contributed by atoms with Gasteiger partial charge in [-0.3, -0.25) is 0 Å². The molecule has 62 heavy (non-hydrogen) atoms. The van der Waals surface area contributed by atoms with E-state index in [1.54, 1.807) is 0 Å². The molecule has 0 saturated carbocycles. The third kappa shape index (κ3) is 7.40. The van der Waals surface area contributed by atoms with E-state index >= 15 is 0 Å². The maximum atomic E-state index is 4.15. The van der Waals surface area contributed by atoms with Crippen LogP contribution in [-0.4, -0.2) is 0 Å². The Hall–Kier alpha value is -6.06. The molecule has 0 aliphatic carbocycles. The van der Waals surface area contributed by atoms with Crippen LogP contribution in [0, 0.1) is 6.92 Å². The summed E-state index contributed by atoms with van der Waals surface area (Å²) in [4.78, 5) is 7.41. The Bertz CT molecular complexity index is 2690. The fourth-order valence-electron chi connectivity index (χ4n) is 9.53. The minimum Gasteiger partial charge on any atom is -0.311 e. The van der Waals surface area contributed by atoms with Gasteiger partial charge in [-0.05, 0) is 143 Å². The van der Waals surface area contributed by atoms with E-state index in [9.17, 15) is 0 Å². The van der Waals surface area contributed by atoms with Gasteiger partial charge in [0.1, 0.15) is 0 Å². The van der Waals surface area contributed by atoms with Crippen molar-refractivity contribution in [2.75, 3.05) is 14.7 Å². The highest BCUT2D eigenvalue weighted by Crippen LogP contribution is 2.61. The van der Waals surface area contributed by atoms with Crippen LogP contribution in [0.15, 0.2) is 164 Å². The van der Waals surface area contributed by atoms with Crippen molar-refractivity contribution < 1.29 is 0 Å². The SMILES string of the molecule is C=C/C=C(\C=C/CC)N(c1ccc(C(C)(C)C)cc1)c1ccc2c(c1)C(C)(C)c1cc(N(c3ccc(C)cc3)c3ccc(C(C)(C)C)cc3)cc3c1N2c1ccccc1C3(C)C. The van der Waals surface area contributed by atoms with Crippen LogP contribution in [0.5, 0.6) is 0 Å². The van der Waals surface area contributed by atoms with Gasteiger partial charge in [-0.1, -0.05) is 155 Å². The van der Waals surface area contributed by atoms with Gasteiger partial charge in [0, 0.05) is 45.0 Å². The second-order valence-electron chi connectivity index (χ2n) is 20.4. The van der Waals surface area contributed by atoms with Gasteiger partial charge < -0.3 is 14.7 Å². The molecular formula is C59H65N3. The molecule has 3 heteroatoms. The molecule has 6 aromatic rings. The van der Waals surface area contributed by atoms with Crippen molar-refractivity contribution in [3.8, 4) is 0 Å². The predicted octanol–water partition coefficient (Wildman–Crippen LogP) is 17.0. The monoisotopic (exact) mass is 816 g/mol. The van der Waals surface area contributed by atoms with Crippen molar-refractivity contribution in [2.24, 2.45) is 0 Å². The Morgan fingerprint density at radius 2 is 1.06 bits per heavy atom. The van der Waals surface area contributed by atoms with E-state index in [4.69, 9.17) is 0 Å². The van der Waals surface area contributed by atoms with Crippen molar-refractivity contribution in [2.45, 2.75) is 111 Å². The van der Waals surface area contributed by atoms with E-state index in [0.717, 1.165) is 40.6 Å². The lowest BCUT2D eigenvalue weighted by molar-refractivity contribution is 0.590. The highest BCUT2D eigenvalue weighted by atomic mass is 15.2. The summed E-state index contributed by atoms with van der Waals surface area (Å²) in [7, 11) is 0. The zero-order valence-electron chi connectivity index (χ0n) is 39.2. The number of rotatable bonds is 9. The smallest absolute Gasteiger partial charge is 0.0545 e. The van der Waals surface area contributed by atoms with Crippen LogP contribution in [0.3, 0.4) is 0 Å². The number of fused-ring (bicyclic) bond motifs is 4.